The van der Waals surface area contributed by atoms with Crippen molar-refractivity contribution in [1.82, 2.24) is 45.1 Å². The van der Waals surface area contributed by atoms with Crippen LogP contribution in [0, 0.1) is 0 Å². The first kappa shape index (κ1) is 61.3. The first-order valence-electron chi connectivity index (χ1n) is 26.9. The van der Waals surface area contributed by atoms with Crippen LogP contribution < -0.4 is 5.32 Å². The SMILES string of the molecule is CCCCCCCCCCCCn1cc(COC(=O)CCN(CCCN(C)CCCNCCCOP(=O)(OCC)OCC)CCC(=O)OCc2cn(CCCCCCCCCCCC)nn2)nn1. The van der Waals surface area contributed by atoms with E-state index < -0.39 is 7.82 Å². The molecule has 2 aromatic rings. The Morgan fingerprint density at radius 3 is 1.43 bits per heavy atom. The van der Waals surface area contributed by atoms with Crippen LogP contribution in [0.15, 0.2) is 12.4 Å². The van der Waals surface area contributed by atoms with E-state index in [0.29, 0.717) is 37.5 Å². The minimum atomic E-state index is -3.47. The fraction of sp³-hybridized carbons (Fsp3) is 0.880. The van der Waals surface area contributed by atoms with E-state index in [2.05, 4.69) is 56.6 Å². The summed E-state index contributed by atoms with van der Waals surface area (Å²) in [6.45, 7) is 15.7. The molecular weight excluding hydrogens is 886 g/mol. The Balaban J connectivity index is 1.73. The number of carbonyl (C=O) groups excluding carboxylic acids is 2. The second kappa shape index (κ2) is 41.9. The van der Waals surface area contributed by atoms with Gasteiger partial charge in [0.15, 0.2) is 0 Å². The Hall–Kier alpha value is -2.79. The van der Waals surface area contributed by atoms with Gasteiger partial charge in [0, 0.05) is 26.2 Å². The van der Waals surface area contributed by atoms with Crippen LogP contribution in [0.3, 0.4) is 0 Å². The molecule has 0 bridgehead atoms. The molecule has 2 rings (SSSR count). The molecule has 0 aliphatic rings. The van der Waals surface area contributed by atoms with Gasteiger partial charge in [0.2, 0.25) is 0 Å². The van der Waals surface area contributed by atoms with Crippen molar-refractivity contribution >= 4 is 19.8 Å². The van der Waals surface area contributed by atoms with Gasteiger partial charge in [-0.05, 0) is 85.7 Å². The second-order valence-corrected chi connectivity index (χ2v) is 19.9. The molecule has 0 unspecified atom stereocenters. The quantitative estimate of drug-likeness (QED) is 0.0376. The standard InChI is InChI=1S/C50H96N9O8P/c1-6-10-12-14-16-18-20-22-24-26-38-58-43-47(52-54-58)45-63-49(60)31-40-57(37-30-36-56(5)35-28-33-51-34-29-42-67-68(62,65-8-3)66-9-4)41-32-50(61)64-46-48-44-59(55-53-48)39-27-25-23-21-19-17-15-13-11-7-2/h43-44,51H,6-42,45-46H2,1-5H3. The summed E-state index contributed by atoms with van der Waals surface area (Å²) in [6, 6.07) is 0. The lowest BCUT2D eigenvalue weighted by Gasteiger charge is -2.23. The molecule has 0 spiro atoms. The minimum absolute atomic E-state index is 0.0877. The zero-order chi connectivity index (χ0) is 49.2. The highest BCUT2D eigenvalue weighted by molar-refractivity contribution is 7.48. The van der Waals surface area contributed by atoms with E-state index >= 15 is 0 Å². The molecule has 0 saturated heterocycles. The predicted octanol–water partition coefficient (Wildman–Crippen LogP) is 10.5. The monoisotopic (exact) mass is 982 g/mol. The number of hydrogen-bond acceptors (Lipinski definition) is 15. The second-order valence-electron chi connectivity index (χ2n) is 18.2. The van der Waals surface area contributed by atoms with Gasteiger partial charge in [-0.15, -0.1) is 10.2 Å². The number of esters is 2. The number of aromatic nitrogens is 6. The number of ether oxygens (including phenoxy) is 2. The zero-order valence-electron chi connectivity index (χ0n) is 43.5. The number of phosphoric acid groups is 1. The number of aryl methyl sites for hydroxylation is 2. The Kier molecular flexibility index (Phi) is 37.8. The molecule has 68 heavy (non-hydrogen) atoms. The molecule has 18 heteroatoms. The van der Waals surface area contributed by atoms with Crippen LogP contribution in [0.4, 0.5) is 0 Å². The molecule has 0 fully saturated rings. The molecule has 0 radical (unpaired) electrons. The topological polar surface area (TPSA) is 177 Å². The van der Waals surface area contributed by atoms with Gasteiger partial charge in [0.05, 0.1) is 45.1 Å². The Morgan fingerprint density at radius 1 is 0.544 bits per heavy atom. The Labute approximate surface area is 411 Å². The fourth-order valence-corrected chi connectivity index (χ4v) is 9.12. The number of phosphoric ester groups is 1. The van der Waals surface area contributed by atoms with E-state index in [0.717, 1.165) is 71.5 Å². The Morgan fingerprint density at radius 2 is 0.971 bits per heavy atom. The third kappa shape index (κ3) is 33.7. The van der Waals surface area contributed by atoms with Crippen molar-refractivity contribution in [2.45, 2.75) is 215 Å². The van der Waals surface area contributed by atoms with Crippen molar-refractivity contribution in [1.29, 1.82) is 0 Å². The van der Waals surface area contributed by atoms with Gasteiger partial charge in [-0.3, -0.25) is 32.5 Å². The number of carbonyl (C=O) groups is 2. The molecule has 17 nitrogen and oxygen atoms in total. The average Bonchev–Trinajstić information content (AvgIpc) is 4.00. The van der Waals surface area contributed by atoms with Crippen molar-refractivity contribution in [3.63, 3.8) is 0 Å². The fourth-order valence-electron chi connectivity index (χ4n) is 7.91. The molecule has 1 N–H and O–H groups in total. The van der Waals surface area contributed by atoms with Gasteiger partial charge in [-0.25, -0.2) is 4.57 Å². The Bertz CT molecular complexity index is 1460. The van der Waals surface area contributed by atoms with E-state index in [9.17, 15) is 14.2 Å². The van der Waals surface area contributed by atoms with Gasteiger partial charge in [0.25, 0.3) is 0 Å². The first-order valence-corrected chi connectivity index (χ1v) is 28.4. The normalized spacial score (nSPS) is 11.9. The maximum atomic E-state index is 12.9. The molecule has 0 aliphatic carbocycles. The highest BCUT2D eigenvalue weighted by atomic mass is 31.2. The van der Waals surface area contributed by atoms with Crippen LogP contribution in [-0.2, 0) is 63.5 Å². The lowest BCUT2D eigenvalue weighted by Crippen LogP contribution is -2.33. The van der Waals surface area contributed by atoms with Gasteiger partial charge < -0.3 is 24.6 Å². The smallest absolute Gasteiger partial charge is 0.459 e. The van der Waals surface area contributed by atoms with Crippen LogP contribution in [0.25, 0.3) is 0 Å². The predicted molar refractivity (Wildman–Crippen MR) is 270 cm³/mol. The summed E-state index contributed by atoms with van der Waals surface area (Å²) in [6.07, 6.45) is 32.3. The van der Waals surface area contributed by atoms with Gasteiger partial charge in [0.1, 0.15) is 24.6 Å². The largest absolute Gasteiger partial charge is 0.474 e. The van der Waals surface area contributed by atoms with Crippen LogP contribution in [0.2, 0.25) is 0 Å². The number of hydrogen-bond donors (Lipinski definition) is 1. The highest BCUT2D eigenvalue weighted by Crippen LogP contribution is 2.49. The van der Waals surface area contributed by atoms with Gasteiger partial charge in [-0.2, -0.15) is 0 Å². The minimum Gasteiger partial charge on any atom is -0.459 e. The maximum absolute atomic E-state index is 12.9. The summed E-state index contributed by atoms with van der Waals surface area (Å²) in [5, 5.41) is 20.3. The van der Waals surface area contributed by atoms with Crippen LogP contribution >= 0.6 is 7.82 Å². The number of unbranched alkanes of at least 4 members (excludes halogenated alkanes) is 18. The third-order valence-corrected chi connectivity index (χ3v) is 13.6. The van der Waals surface area contributed by atoms with E-state index in [1.807, 2.05) is 21.8 Å². The van der Waals surface area contributed by atoms with Gasteiger partial charge >= 0.3 is 19.8 Å². The molecule has 0 atom stereocenters. The molecule has 0 aliphatic heterocycles. The molecule has 0 amide bonds. The molecule has 394 valence electrons. The molecular formula is C50H96N9O8P. The molecule has 0 aromatic carbocycles. The van der Waals surface area contributed by atoms with Crippen LogP contribution in [-0.4, -0.2) is 124 Å². The first-order chi connectivity index (χ1) is 33.2. The van der Waals surface area contributed by atoms with Gasteiger partial charge in [-0.1, -0.05) is 140 Å². The van der Waals surface area contributed by atoms with E-state index in [4.69, 9.17) is 23.0 Å². The van der Waals surface area contributed by atoms with E-state index in [-0.39, 0.29) is 51.2 Å². The summed E-state index contributed by atoms with van der Waals surface area (Å²) in [4.78, 5) is 30.3. The van der Waals surface area contributed by atoms with Crippen molar-refractivity contribution in [3.05, 3.63) is 23.8 Å². The van der Waals surface area contributed by atoms with Crippen LogP contribution in [0.1, 0.15) is 200 Å². The third-order valence-electron chi connectivity index (χ3n) is 11.9. The number of nitrogens with zero attached hydrogens (tertiary/aromatic N) is 8. The summed E-state index contributed by atoms with van der Waals surface area (Å²) in [7, 11) is -1.37. The summed E-state index contributed by atoms with van der Waals surface area (Å²) < 4.78 is 43.1. The maximum Gasteiger partial charge on any atom is 0.474 e. The lowest BCUT2D eigenvalue weighted by atomic mass is 10.1. The molecule has 2 heterocycles. The van der Waals surface area contributed by atoms with E-state index in [1.54, 1.807) is 13.8 Å². The van der Waals surface area contributed by atoms with Crippen molar-refractivity contribution in [3.8, 4) is 0 Å². The van der Waals surface area contributed by atoms with Crippen molar-refractivity contribution in [2.75, 3.05) is 72.7 Å². The zero-order valence-corrected chi connectivity index (χ0v) is 44.4. The van der Waals surface area contributed by atoms with Crippen molar-refractivity contribution < 1.29 is 37.2 Å². The van der Waals surface area contributed by atoms with Crippen LogP contribution in [0.5, 0.6) is 0 Å². The van der Waals surface area contributed by atoms with Crippen molar-refractivity contribution in [2.24, 2.45) is 0 Å². The number of rotatable bonds is 49. The summed E-state index contributed by atoms with van der Waals surface area (Å²) in [5.41, 5.74) is 1.28. The number of nitrogens with one attached hydrogen (secondary N) is 1. The summed E-state index contributed by atoms with van der Waals surface area (Å²) in [5.74, 6) is -0.618. The van der Waals surface area contributed by atoms with E-state index in [1.165, 1.54) is 116 Å². The molecule has 0 saturated carbocycles. The summed E-state index contributed by atoms with van der Waals surface area (Å²) >= 11 is 0. The lowest BCUT2D eigenvalue weighted by molar-refractivity contribution is -0.145. The highest BCUT2D eigenvalue weighted by Gasteiger charge is 2.24. The molecule has 2 aromatic heterocycles. The average molecular weight is 982 g/mol.